The highest BCUT2D eigenvalue weighted by Gasteiger charge is 2.15. The molecule has 0 saturated heterocycles. The number of nitrogens with one attached hydrogen (secondary N) is 2. The molecule has 2 aromatic carbocycles. The number of thiazole rings is 1. The number of amides is 1. The van der Waals surface area contributed by atoms with Crippen LogP contribution in [0.25, 0.3) is 22.2 Å². The van der Waals surface area contributed by atoms with Crippen molar-refractivity contribution in [1.29, 1.82) is 0 Å². The molecule has 0 atom stereocenters. The van der Waals surface area contributed by atoms with Gasteiger partial charge >= 0.3 is 0 Å². The first-order valence-electron chi connectivity index (χ1n) is 9.82. The predicted molar refractivity (Wildman–Crippen MR) is 132 cm³/mol. The van der Waals surface area contributed by atoms with Crippen LogP contribution < -0.4 is 20.3 Å². The Kier molecular flexibility index (Phi) is 6.38. The summed E-state index contributed by atoms with van der Waals surface area (Å²) in [6, 6.07) is 10.2. The minimum absolute atomic E-state index is 0.239. The van der Waals surface area contributed by atoms with E-state index >= 15 is 0 Å². The van der Waals surface area contributed by atoms with Crippen molar-refractivity contribution in [3.8, 4) is 22.8 Å². The molecule has 2 heterocycles. The van der Waals surface area contributed by atoms with E-state index in [1.807, 2.05) is 11.4 Å². The number of nitrogens with zero attached hydrogens (tertiary/aromatic N) is 2. The number of allylic oxidation sites excluding steroid dienone is 1. The lowest BCUT2D eigenvalue weighted by Crippen LogP contribution is -2.22. The molecule has 10 heteroatoms. The molecule has 33 heavy (non-hydrogen) atoms. The van der Waals surface area contributed by atoms with E-state index in [4.69, 9.17) is 21.7 Å². The molecule has 0 aliphatic carbocycles. The second kappa shape index (κ2) is 9.39. The molecule has 0 radical (unpaired) electrons. The van der Waals surface area contributed by atoms with Gasteiger partial charge in [0.05, 0.1) is 30.8 Å². The average molecular weight is 481 g/mol. The van der Waals surface area contributed by atoms with Crippen molar-refractivity contribution >= 4 is 45.5 Å². The number of aromatic amines is 1. The van der Waals surface area contributed by atoms with Gasteiger partial charge in [-0.05, 0) is 48.6 Å². The number of hydrogen-bond acceptors (Lipinski definition) is 7. The van der Waals surface area contributed by atoms with Crippen molar-refractivity contribution in [1.82, 2.24) is 14.5 Å². The van der Waals surface area contributed by atoms with Crippen LogP contribution in [-0.2, 0) is 6.54 Å². The Morgan fingerprint density at radius 2 is 2.09 bits per heavy atom. The van der Waals surface area contributed by atoms with Gasteiger partial charge < -0.3 is 14.5 Å². The van der Waals surface area contributed by atoms with Crippen LogP contribution in [0, 0.1) is 4.77 Å². The lowest BCUT2D eigenvalue weighted by atomic mass is 10.1. The van der Waals surface area contributed by atoms with Gasteiger partial charge in [0.25, 0.3) is 11.5 Å². The van der Waals surface area contributed by atoms with Crippen molar-refractivity contribution in [2.45, 2.75) is 6.54 Å². The first-order chi connectivity index (χ1) is 15.9. The third kappa shape index (κ3) is 4.43. The average Bonchev–Trinajstić information content (AvgIpc) is 3.29. The molecule has 4 aromatic rings. The van der Waals surface area contributed by atoms with Crippen LogP contribution in [0.3, 0.4) is 0 Å². The van der Waals surface area contributed by atoms with Gasteiger partial charge in [0.15, 0.2) is 9.90 Å². The minimum atomic E-state index is -0.356. The van der Waals surface area contributed by atoms with Gasteiger partial charge in [-0.2, -0.15) is 0 Å². The summed E-state index contributed by atoms with van der Waals surface area (Å²) < 4.78 is 12.4. The standard InChI is InChI=1S/C23H20N4O4S2/c1-4-9-27-21(29)15-7-5-13(10-17(15)25-23(27)32)20(28)26-22-24-18(12-33-22)16-11-14(30-2)6-8-19(16)31-3/h4-8,10-12H,1,9H2,2-3H3,(H,25,32)(H,24,26,28). The molecule has 4 rings (SSSR count). The van der Waals surface area contributed by atoms with Crippen molar-refractivity contribution < 1.29 is 14.3 Å². The van der Waals surface area contributed by atoms with Crippen molar-refractivity contribution in [3.05, 3.63) is 75.1 Å². The summed E-state index contributed by atoms with van der Waals surface area (Å²) in [5.74, 6) is 0.959. The topological polar surface area (TPSA) is 98.2 Å². The molecule has 8 nitrogen and oxygen atoms in total. The molecular weight excluding hydrogens is 460 g/mol. The van der Waals surface area contributed by atoms with E-state index in [0.717, 1.165) is 5.56 Å². The maximum atomic E-state index is 12.8. The Hall–Kier alpha value is -3.76. The smallest absolute Gasteiger partial charge is 0.262 e. The first-order valence-corrected chi connectivity index (χ1v) is 11.1. The Balaban J connectivity index is 1.61. The number of anilines is 1. The highest BCUT2D eigenvalue weighted by atomic mass is 32.1. The van der Waals surface area contributed by atoms with E-state index < -0.39 is 0 Å². The number of methoxy groups -OCH3 is 2. The Morgan fingerprint density at radius 3 is 2.82 bits per heavy atom. The zero-order valence-electron chi connectivity index (χ0n) is 17.9. The van der Waals surface area contributed by atoms with E-state index in [0.29, 0.717) is 45.3 Å². The molecule has 2 aromatic heterocycles. The molecule has 2 N–H and O–H groups in total. The summed E-state index contributed by atoms with van der Waals surface area (Å²) in [7, 11) is 3.17. The van der Waals surface area contributed by atoms with Crippen molar-refractivity contribution in [3.63, 3.8) is 0 Å². The van der Waals surface area contributed by atoms with Crippen molar-refractivity contribution in [2.75, 3.05) is 19.5 Å². The molecule has 0 saturated carbocycles. The van der Waals surface area contributed by atoms with Gasteiger partial charge in [0, 0.05) is 23.1 Å². The fourth-order valence-corrected chi connectivity index (χ4v) is 4.30. The van der Waals surface area contributed by atoms with Crippen molar-refractivity contribution in [2.24, 2.45) is 0 Å². The Labute approximate surface area is 198 Å². The van der Waals surface area contributed by atoms with E-state index in [1.54, 1.807) is 50.6 Å². The number of aromatic nitrogens is 3. The van der Waals surface area contributed by atoms with Crippen LogP contribution in [-0.4, -0.2) is 34.7 Å². The number of benzene rings is 2. The van der Waals surface area contributed by atoms with E-state index in [-0.39, 0.29) is 16.2 Å². The molecule has 0 fully saturated rings. The summed E-state index contributed by atoms with van der Waals surface area (Å²) >= 11 is 6.55. The summed E-state index contributed by atoms with van der Waals surface area (Å²) in [5, 5.41) is 5.49. The molecule has 1 amide bonds. The quantitative estimate of drug-likeness (QED) is 0.295. The highest BCUT2D eigenvalue weighted by Crippen LogP contribution is 2.35. The van der Waals surface area contributed by atoms with E-state index in [1.165, 1.54) is 15.9 Å². The lowest BCUT2D eigenvalue weighted by Gasteiger charge is -2.08. The number of rotatable bonds is 7. The third-order valence-electron chi connectivity index (χ3n) is 4.96. The molecule has 168 valence electrons. The summed E-state index contributed by atoms with van der Waals surface area (Å²) in [4.78, 5) is 33.0. The largest absolute Gasteiger partial charge is 0.497 e. The summed E-state index contributed by atoms with van der Waals surface area (Å²) in [5.41, 5.74) is 2.01. The van der Waals surface area contributed by atoms with Crippen LogP contribution in [0.1, 0.15) is 10.4 Å². The van der Waals surface area contributed by atoms with E-state index in [2.05, 4.69) is 21.9 Å². The Morgan fingerprint density at radius 1 is 1.27 bits per heavy atom. The Bertz CT molecular complexity index is 1490. The molecule has 0 aliphatic heterocycles. The molecule has 0 spiro atoms. The monoisotopic (exact) mass is 480 g/mol. The van der Waals surface area contributed by atoms with Gasteiger partial charge in [0.2, 0.25) is 0 Å². The normalized spacial score (nSPS) is 10.7. The lowest BCUT2D eigenvalue weighted by molar-refractivity contribution is 0.102. The second-order valence-electron chi connectivity index (χ2n) is 6.95. The minimum Gasteiger partial charge on any atom is -0.497 e. The van der Waals surface area contributed by atoms with Gasteiger partial charge in [-0.1, -0.05) is 6.08 Å². The molecular formula is C23H20N4O4S2. The fourth-order valence-electron chi connectivity index (χ4n) is 3.33. The number of fused-ring (bicyclic) bond motifs is 1. The van der Waals surface area contributed by atoms with Crippen LogP contribution in [0.15, 0.2) is 59.2 Å². The number of carbonyl (C=O) groups is 1. The van der Waals surface area contributed by atoms with Gasteiger partial charge in [-0.3, -0.25) is 19.5 Å². The molecule has 0 unspecified atom stereocenters. The van der Waals surface area contributed by atoms with Crippen LogP contribution >= 0.6 is 23.6 Å². The van der Waals surface area contributed by atoms with Crippen LogP contribution in [0.2, 0.25) is 0 Å². The third-order valence-corrected chi connectivity index (χ3v) is 6.04. The number of H-pyrrole nitrogens is 1. The number of ether oxygens (including phenoxy) is 2. The fraction of sp³-hybridized carbons (Fsp3) is 0.130. The van der Waals surface area contributed by atoms with Crippen LogP contribution in [0.5, 0.6) is 11.5 Å². The maximum Gasteiger partial charge on any atom is 0.262 e. The zero-order chi connectivity index (χ0) is 23.5. The summed E-state index contributed by atoms with van der Waals surface area (Å²) in [6.07, 6.45) is 1.60. The molecule has 0 bridgehead atoms. The molecule has 0 aliphatic rings. The van der Waals surface area contributed by atoms with Gasteiger partial charge in [-0.15, -0.1) is 17.9 Å². The van der Waals surface area contributed by atoms with Gasteiger partial charge in [0.1, 0.15) is 11.5 Å². The number of carbonyl (C=O) groups excluding carboxylic acids is 1. The first kappa shape index (κ1) is 22.4. The van der Waals surface area contributed by atoms with Crippen LogP contribution in [0.4, 0.5) is 5.13 Å². The van der Waals surface area contributed by atoms with E-state index in [9.17, 15) is 9.59 Å². The number of hydrogen-bond donors (Lipinski definition) is 2. The SMILES string of the molecule is C=CCn1c(=S)[nH]c2cc(C(=O)Nc3nc(-c4cc(OC)ccc4OC)cs3)ccc2c1=O. The second-order valence-corrected chi connectivity index (χ2v) is 8.20. The van der Waals surface area contributed by atoms with Gasteiger partial charge in [-0.25, -0.2) is 4.98 Å². The predicted octanol–water partition coefficient (Wildman–Crippen LogP) is 4.64. The maximum absolute atomic E-state index is 12.8. The zero-order valence-corrected chi connectivity index (χ0v) is 19.5. The highest BCUT2D eigenvalue weighted by molar-refractivity contribution is 7.71. The summed E-state index contributed by atoms with van der Waals surface area (Å²) in [6.45, 7) is 3.95.